The smallest absolute Gasteiger partial charge is 0.318 e. The fraction of sp³-hybridized carbons (Fsp3) is 0.200. The van der Waals surface area contributed by atoms with E-state index in [0.29, 0.717) is 0 Å². The summed E-state index contributed by atoms with van der Waals surface area (Å²) >= 11 is 0. The average Bonchev–Trinajstić information content (AvgIpc) is 3.04. The molecule has 0 aromatic heterocycles. The first-order valence-electron chi connectivity index (χ1n) is 9.60. The molecule has 1 spiro atoms. The van der Waals surface area contributed by atoms with E-state index in [-0.39, 0.29) is 29.5 Å². The second kappa shape index (κ2) is 7.42. The van der Waals surface area contributed by atoms with E-state index in [1.807, 2.05) is 24.3 Å². The Balaban J connectivity index is 2.11. The molecule has 1 aliphatic carbocycles. The molecule has 1 N–H and O–H groups in total. The first-order valence-corrected chi connectivity index (χ1v) is 9.60. The van der Waals surface area contributed by atoms with Crippen LogP contribution in [0.1, 0.15) is 11.1 Å². The second-order valence-corrected chi connectivity index (χ2v) is 7.32. The minimum absolute atomic E-state index is 0.0145. The molecule has 3 heteroatoms. The van der Waals surface area contributed by atoms with Crippen molar-refractivity contribution in [2.45, 2.75) is 17.6 Å². The van der Waals surface area contributed by atoms with Crippen LogP contribution in [0.15, 0.2) is 98.5 Å². The summed E-state index contributed by atoms with van der Waals surface area (Å²) in [7, 11) is 1.07. The third-order valence-corrected chi connectivity index (χ3v) is 6.23. The number of rotatable bonds is 5. The van der Waals surface area contributed by atoms with Gasteiger partial charge in [-0.1, -0.05) is 78.8 Å². The van der Waals surface area contributed by atoms with Crippen molar-refractivity contribution in [1.29, 1.82) is 0 Å². The third kappa shape index (κ3) is 2.43. The van der Waals surface area contributed by atoms with Gasteiger partial charge in [-0.05, 0) is 22.3 Å². The van der Waals surface area contributed by atoms with Crippen LogP contribution < -0.4 is 0 Å². The Hall–Kier alpha value is -2.62. The van der Waals surface area contributed by atoms with Crippen molar-refractivity contribution in [3.8, 4) is 11.1 Å². The molecule has 1 heterocycles. The van der Waals surface area contributed by atoms with Crippen LogP contribution in [0.5, 0.6) is 0 Å². The third-order valence-electron chi connectivity index (χ3n) is 6.23. The predicted octanol–water partition coefficient (Wildman–Crippen LogP) is 4.64. The summed E-state index contributed by atoms with van der Waals surface area (Å²) in [5.41, 5.74) is 4.61. The SMILES string of the molecule is C=CC1OC(C=C)C(/C=C/[B]O)C2(c3ccccc3-c3ccccc32)C1C=C. The molecule has 0 saturated carbocycles. The number of ether oxygens (including phenoxy) is 1. The lowest BCUT2D eigenvalue weighted by Gasteiger charge is -2.52. The molecule has 2 aromatic rings. The zero-order valence-corrected chi connectivity index (χ0v) is 15.9. The summed E-state index contributed by atoms with van der Waals surface area (Å²) in [4.78, 5) is 0. The van der Waals surface area contributed by atoms with Gasteiger partial charge < -0.3 is 9.76 Å². The largest absolute Gasteiger partial charge is 0.450 e. The molecule has 4 rings (SSSR count). The Morgan fingerprint density at radius 3 is 1.86 bits per heavy atom. The number of hydrogen-bond acceptors (Lipinski definition) is 2. The summed E-state index contributed by atoms with van der Waals surface area (Å²) in [5, 5.41) is 9.38. The first-order chi connectivity index (χ1) is 13.7. The van der Waals surface area contributed by atoms with Gasteiger partial charge in [-0.3, -0.25) is 0 Å². The lowest BCUT2D eigenvalue weighted by molar-refractivity contribution is -0.0788. The maximum Gasteiger partial charge on any atom is 0.318 e. The second-order valence-electron chi connectivity index (χ2n) is 7.32. The molecule has 1 radical (unpaired) electrons. The van der Waals surface area contributed by atoms with Gasteiger partial charge in [0.15, 0.2) is 0 Å². The zero-order chi connectivity index (χ0) is 19.7. The zero-order valence-electron chi connectivity index (χ0n) is 15.9. The van der Waals surface area contributed by atoms with Crippen molar-refractivity contribution < 1.29 is 9.76 Å². The monoisotopic (exact) mass is 367 g/mol. The van der Waals surface area contributed by atoms with Gasteiger partial charge >= 0.3 is 7.48 Å². The minimum atomic E-state index is -0.385. The molecule has 1 fully saturated rings. The van der Waals surface area contributed by atoms with Crippen LogP contribution in [0.3, 0.4) is 0 Å². The summed E-state index contributed by atoms with van der Waals surface area (Å²) < 4.78 is 6.36. The number of fused-ring (bicyclic) bond motifs is 5. The van der Waals surface area contributed by atoms with Gasteiger partial charge in [0, 0.05) is 17.3 Å². The molecule has 1 aliphatic heterocycles. The molecule has 2 aliphatic rings. The molecular weight excluding hydrogens is 343 g/mol. The Morgan fingerprint density at radius 2 is 1.36 bits per heavy atom. The lowest BCUT2D eigenvalue weighted by atomic mass is 9.56. The highest BCUT2D eigenvalue weighted by atomic mass is 16.5. The molecule has 4 unspecified atom stereocenters. The number of hydrogen-bond donors (Lipinski definition) is 1. The maximum atomic E-state index is 9.38. The Bertz CT molecular complexity index is 900. The molecule has 4 atom stereocenters. The highest BCUT2D eigenvalue weighted by molar-refractivity contribution is 6.32. The van der Waals surface area contributed by atoms with Crippen LogP contribution in [0.25, 0.3) is 11.1 Å². The predicted molar refractivity (Wildman–Crippen MR) is 116 cm³/mol. The van der Waals surface area contributed by atoms with Crippen LogP contribution in [0.4, 0.5) is 0 Å². The van der Waals surface area contributed by atoms with E-state index in [4.69, 9.17) is 4.74 Å². The minimum Gasteiger partial charge on any atom is -0.450 e. The van der Waals surface area contributed by atoms with E-state index in [0.717, 1.165) is 7.48 Å². The summed E-state index contributed by atoms with van der Waals surface area (Å²) in [5.74, 6) is 1.61. The van der Waals surface area contributed by atoms with E-state index in [1.165, 1.54) is 22.3 Å². The highest BCUT2D eigenvalue weighted by Crippen LogP contribution is 2.61. The molecular formula is C25H24BO2. The van der Waals surface area contributed by atoms with Gasteiger partial charge in [-0.25, -0.2) is 0 Å². The molecule has 0 bridgehead atoms. The molecule has 1 saturated heterocycles. The van der Waals surface area contributed by atoms with Crippen LogP contribution >= 0.6 is 0 Å². The molecule has 139 valence electrons. The summed E-state index contributed by atoms with van der Waals surface area (Å²) in [6.45, 7) is 12.2. The lowest BCUT2D eigenvalue weighted by Crippen LogP contribution is -2.55. The van der Waals surface area contributed by atoms with Gasteiger partial charge in [0.05, 0.1) is 12.2 Å². The molecule has 2 aromatic carbocycles. The Kier molecular flexibility index (Phi) is 4.97. The van der Waals surface area contributed by atoms with E-state index >= 15 is 0 Å². The van der Waals surface area contributed by atoms with Crippen molar-refractivity contribution in [2.24, 2.45) is 11.8 Å². The van der Waals surface area contributed by atoms with Gasteiger partial charge in [0.25, 0.3) is 0 Å². The van der Waals surface area contributed by atoms with E-state index in [2.05, 4.69) is 68.3 Å². The van der Waals surface area contributed by atoms with E-state index in [1.54, 1.807) is 5.98 Å². The van der Waals surface area contributed by atoms with Crippen LogP contribution in [0.2, 0.25) is 0 Å². The molecule has 0 amide bonds. The van der Waals surface area contributed by atoms with Crippen molar-refractivity contribution in [3.05, 3.63) is 110 Å². The average molecular weight is 367 g/mol. The molecule has 2 nitrogen and oxygen atoms in total. The van der Waals surface area contributed by atoms with Crippen LogP contribution in [-0.4, -0.2) is 24.7 Å². The van der Waals surface area contributed by atoms with Crippen molar-refractivity contribution in [3.63, 3.8) is 0 Å². The summed E-state index contributed by atoms with van der Waals surface area (Å²) in [6, 6.07) is 17.1. The van der Waals surface area contributed by atoms with E-state index in [9.17, 15) is 5.02 Å². The quantitative estimate of drug-likeness (QED) is 0.617. The van der Waals surface area contributed by atoms with Crippen LogP contribution in [-0.2, 0) is 10.2 Å². The first kappa shape index (κ1) is 18.7. The maximum absolute atomic E-state index is 9.38. The number of benzene rings is 2. The topological polar surface area (TPSA) is 29.5 Å². The van der Waals surface area contributed by atoms with E-state index < -0.39 is 0 Å². The van der Waals surface area contributed by atoms with Gasteiger partial charge in [-0.15, -0.1) is 19.7 Å². The Morgan fingerprint density at radius 1 is 0.821 bits per heavy atom. The van der Waals surface area contributed by atoms with Crippen molar-refractivity contribution in [2.75, 3.05) is 0 Å². The van der Waals surface area contributed by atoms with Gasteiger partial charge in [0.2, 0.25) is 0 Å². The normalized spacial score (nSPS) is 27.2. The standard InChI is InChI=1S/C25H24BO2/c1-4-19-23(5-2)28-24(6-3)22(15-16-26-27)25(19)20-13-9-7-11-17(20)18-12-8-10-14-21(18)25/h4-16,19,22-24,27H,1-3H2/b16-15+. The fourth-order valence-corrected chi connectivity index (χ4v) is 5.27. The highest BCUT2D eigenvalue weighted by Gasteiger charge is 2.58. The summed E-state index contributed by atoms with van der Waals surface area (Å²) in [6.07, 6.45) is 7.33. The van der Waals surface area contributed by atoms with Crippen molar-refractivity contribution in [1.82, 2.24) is 0 Å². The van der Waals surface area contributed by atoms with Crippen molar-refractivity contribution >= 4 is 7.48 Å². The molecule has 28 heavy (non-hydrogen) atoms. The van der Waals surface area contributed by atoms with Gasteiger partial charge in [0.1, 0.15) is 0 Å². The van der Waals surface area contributed by atoms with Gasteiger partial charge in [-0.2, -0.15) is 0 Å². The fourth-order valence-electron chi connectivity index (χ4n) is 5.27. The van der Waals surface area contributed by atoms with Crippen LogP contribution in [0, 0.1) is 11.8 Å². The Labute approximate surface area is 167 Å².